The number of rotatable bonds is 5. The number of nitrogens with zero attached hydrogens (tertiary/aromatic N) is 1. The zero-order valence-corrected chi connectivity index (χ0v) is 13.6. The Bertz CT molecular complexity index is 544. The van der Waals surface area contributed by atoms with Crippen molar-refractivity contribution in [2.75, 3.05) is 18.4 Å². The lowest BCUT2D eigenvalue weighted by atomic mass is 10.2. The molecular formula is C16H19IN2O. The van der Waals surface area contributed by atoms with E-state index in [9.17, 15) is 0 Å². The molecule has 2 heterocycles. The van der Waals surface area contributed by atoms with Crippen LogP contribution in [0.2, 0.25) is 0 Å². The molecule has 1 saturated heterocycles. The molecule has 0 saturated carbocycles. The van der Waals surface area contributed by atoms with E-state index >= 15 is 0 Å². The number of halogens is 1. The third-order valence-corrected chi connectivity index (χ3v) is 4.23. The number of benzene rings is 1. The number of hydrogen-bond donors (Lipinski definition) is 1. The van der Waals surface area contributed by atoms with Gasteiger partial charge < -0.3 is 9.73 Å². The zero-order valence-electron chi connectivity index (χ0n) is 11.4. The first-order valence-electron chi connectivity index (χ1n) is 7.09. The third kappa shape index (κ3) is 3.76. The van der Waals surface area contributed by atoms with Crippen LogP contribution in [0.5, 0.6) is 0 Å². The van der Waals surface area contributed by atoms with Crippen LogP contribution in [-0.2, 0) is 13.1 Å². The summed E-state index contributed by atoms with van der Waals surface area (Å²) in [5.74, 6) is 0.968. The van der Waals surface area contributed by atoms with E-state index < -0.39 is 0 Å². The lowest BCUT2D eigenvalue weighted by Crippen LogP contribution is -2.18. The van der Waals surface area contributed by atoms with Crippen LogP contribution in [0.25, 0.3) is 0 Å². The van der Waals surface area contributed by atoms with Gasteiger partial charge in [0, 0.05) is 12.2 Å². The number of hydrogen-bond acceptors (Lipinski definition) is 3. The lowest BCUT2D eigenvalue weighted by molar-refractivity contribution is 0.331. The van der Waals surface area contributed by atoms with Gasteiger partial charge in [-0.25, -0.2) is 0 Å². The van der Waals surface area contributed by atoms with Gasteiger partial charge in [-0.05, 0) is 78.4 Å². The van der Waals surface area contributed by atoms with Gasteiger partial charge in [-0.15, -0.1) is 0 Å². The summed E-state index contributed by atoms with van der Waals surface area (Å²) >= 11 is 2.18. The lowest BCUT2D eigenvalue weighted by Gasteiger charge is -2.14. The summed E-state index contributed by atoms with van der Waals surface area (Å²) in [5, 5.41) is 3.38. The molecule has 0 radical (unpaired) electrons. The summed E-state index contributed by atoms with van der Waals surface area (Å²) in [5.41, 5.74) is 2.53. The Balaban J connectivity index is 1.52. The van der Waals surface area contributed by atoms with E-state index in [0.717, 1.165) is 28.3 Å². The summed E-state index contributed by atoms with van der Waals surface area (Å²) in [4.78, 5) is 2.52. The van der Waals surface area contributed by atoms with Crippen LogP contribution in [0.1, 0.15) is 24.2 Å². The van der Waals surface area contributed by atoms with Crippen molar-refractivity contribution in [3.05, 3.63) is 51.5 Å². The topological polar surface area (TPSA) is 28.4 Å². The van der Waals surface area contributed by atoms with Crippen LogP contribution in [0.4, 0.5) is 5.69 Å². The maximum absolute atomic E-state index is 5.54. The van der Waals surface area contributed by atoms with Crippen LogP contribution >= 0.6 is 22.6 Å². The van der Waals surface area contributed by atoms with Gasteiger partial charge in [0.05, 0.1) is 6.54 Å². The standard InChI is InChI=1S/C16H19IN2O/c17-16-8-7-15(20-16)11-18-14-5-3-13(4-6-14)12-19-9-1-2-10-19/h3-8,18H,1-2,9-12H2. The van der Waals surface area contributed by atoms with E-state index in [1.807, 2.05) is 12.1 Å². The largest absolute Gasteiger partial charge is 0.454 e. The van der Waals surface area contributed by atoms with E-state index in [4.69, 9.17) is 4.42 Å². The molecule has 0 bridgehead atoms. The van der Waals surface area contributed by atoms with E-state index in [2.05, 4.69) is 57.1 Å². The first kappa shape index (κ1) is 13.9. The highest BCUT2D eigenvalue weighted by molar-refractivity contribution is 14.1. The van der Waals surface area contributed by atoms with E-state index in [-0.39, 0.29) is 0 Å². The van der Waals surface area contributed by atoms with Gasteiger partial charge in [0.1, 0.15) is 5.76 Å². The molecule has 3 rings (SSSR count). The second-order valence-electron chi connectivity index (χ2n) is 5.24. The minimum atomic E-state index is 0.731. The van der Waals surface area contributed by atoms with Crippen molar-refractivity contribution in [1.29, 1.82) is 0 Å². The van der Waals surface area contributed by atoms with Crippen molar-refractivity contribution in [1.82, 2.24) is 4.90 Å². The molecule has 3 nitrogen and oxygen atoms in total. The Morgan fingerprint density at radius 1 is 1.05 bits per heavy atom. The normalized spacial score (nSPS) is 15.7. The minimum absolute atomic E-state index is 0.731. The van der Waals surface area contributed by atoms with Gasteiger partial charge >= 0.3 is 0 Å². The summed E-state index contributed by atoms with van der Waals surface area (Å²) in [6, 6.07) is 12.7. The van der Waals surface area contributed by atoms with Gasteiger partial charge in [0.2, 0.25) is 0 Å². The van der Waals surface area contributed by atoms with Crippen molar-refractivity contribution < 1.29 is 4.42 Å². The first-order chi connectivity index (χ1) is 9.79. The maximum Gasteiger partial charge on any atom is 0.164 e. The molecular weight excluding hydrogens is 363 g/mol. The second-order valence-corrected chi connectivity index (χ2v) is 6.30. The van der Waals surface area contributed by atoms with Crippen LogP contribution in [0.15, 0.2) is 40.8 Å². The first-order valence-corrected chi connectivity index (χ1v) is 8.17. The molecule has 106 valence electrons. The highest BCUT2D eigenvalue weighted by Crippen LogP contribution is 2.16. The monoisotopic (exact) mass is 382 g/mol. The molecule has 1 aliphatic rings. The summed E-state index contributed by atoms with van der Waals surface area (Å²) in [6.07, 6.45) is 2.70. The predicted molar refractivity (Wildman–Crippen MR) is 89.7 cm³/mol. The van der Waals surface area contributed by atoms with Crippen molar-refractivity contribution >= 4 is 28.3 Å². The molecule has 0 spiro atoms. The molecule has 1 aromatic heterocycles. The number of nitrogens with one attached hydrogen (secondary N) is 1. The fourth-order valence-electron chi connectivity index (χ4n) is 2.56. The van der Waals surface area contributed by atoms with E-state index in [0.29, 0.717) is 0 Å². The maximum atomic E-state index is 5.54. The smallest absolute Gasteiger partial charge is 0.164 e. The second kappa shape index (κ2) is 6.63. The zero-order chi connectivity index (χ0) is 13.8. The molecule has 0 unspecified atom stereocenters. The molecule has 0 aliphatic carbocycles. The average Bonchev–Trinajstić information content (AvgIpc) is 3.10. The molecule has 0 atom stereocenters. The average molecular weight is 382 g/mol. The van der Waals surface area contributed by atoms with E-state index in [1.54, 1.807) is 0 Å². The predicted octanol–water partition coefficient (Wildman–Crippen LogP) is 4.09. The van der Waals surface area contributed by atoms with Gasteiger partial charge in [-0.2, -0.15) is 0 Å². The van der Waals surface area contributed by atoms with Crippen LogP contribution in [-0.4, -0.2) is 18.0 Å². The quantitative estimate of drug-likeness (QED) is 0.790. The summed E-state index contributed by atoms with van der Waals surface area (Å²) < 4.78 is 6.47. The van der Waals surface area contributed by atoms with Crippen molar-refractivity contribution in [3.63, 3.8) is 0 Å². The molecule has 1 aliphatic heterocycles. The molecule has 1 N–H and O–H groups in total. The van der Waals surface area contributed by atoms with E-state index in [1.165, 1.54) is 31.5 Å². The van der Waals surface area contributed by atoms with Crippen molar-refractivity contribution in [3.8, 4) is 0 Å². The Kier molecular flexibility index (Phi) is 4.62. The van der Waals surface area contributed by atoms with Gasteiger partial charge in [-0.1, -0.05) is 12.1 Å². The molecule has 20 heavy (non-hydrogen) atoms. The summed E-state index contributed by atoms with van der Waals surface area (Å²) in [7, 11) is 0. The highest BCUT2D eigenvalue weighted by atomic mass is 127. The fourth-order valence-corrected chi connectivity index (χ4v) is 3.03. The SMILES string of the molecule is Ic1ccc(CNc2ccc(CN3CCCC3)cc2)o1. The fraction of sp³-hybridized carbons (Fsp3) is 0.375. The van der Waals surface area contributed by atoms with Crippen molar-refractivity contribution in [2.45, 2.75) is 25.9 Å². The Morgan fingerprint density at radius 2 is 1.80 bits per heavy atom. The molecule has 2 aromatic rings. The molecule has 4 heteroatoms. The Morgan fingerprint density at radius 3 is 2.45 bits per heavy atom. The third-order valence-electron chi connectivity index (χ3n) is 3.65. The Labute approximate surface area is 133 Å². The number of furan rings is 1. The Hall–Kier alpha value is -1.01. The number of anilines is 1. The van der Waals surface area contributed by atoms with Gasteiger partial charge in [0.15, 0.2) is 3.77 Å². The van der Waals surface area contributed by atoms with Crippen LogP contribution in [0, 0.1) is 3.77 Å². The van der Waals surface area contributed by atoms with Gasteiger partial charge in [-0.3, -0.25) is 4.90 Å². The summed E-state index contributed by atoms with van der Waals surface area (Å²) in [6.45, 7) is 4.30. The van der Waals surface area contributed by atoms with Crippen molar-refractivity contribution in [2.24, 2.45) is 0 Å². The van der Waals surface area contributed by atoms with Crippen LogP contribution in [0.3, 0.4) is 0 Å². The van der Waals surface area contributed by atoms with Crippen LogP contribution < -0.4 is 5.32 Å². The highest BCUT2D eigenvalue weighted by Gasteiger charge is 2.11. The molecule has 0 amide bonds. The number of likely N-dealkylation sites (tertiary alicyclic amines) is 1. The minimum Gasteiger partial charge on any atom is -0.454 e. The van der Waals surface area contributed by atoms with Gasteiger partial charge in [0.25, 0.3) is 0 Å². The molecule has 1 aromatic carbocycles. The molecule has 1 fully saturated rings.